The highest BCUT2D eigenvalue weighted by Gasteiger charge is 2.49. The second kappa shape index (κ2) is 3.37. The van der Waals surface area contributed by atoms with Gasteiger partial charge in [0.05, 0.1) is 0 Å². The van der Waals surface area contributed by atoms with E-state index in [1.807, 2.05) is 0 Å². The molecule has 15 heavy (non-hydrogen) atoms. The lowest BCUT2D eigenvalue weighted by Crippen LogP contribution is -2.44. The van der Waals surface area contributed by atoms with Crippen LogP contribution in [-0.4, -0.2) is 0 Å². The first-order chi connectivity index (χ1) is 7.29. The van der Waals surface area contributed by atoms with Crippen molar-refractivity contribution < 1.29 is 0 Å². The Morgan fingerprint density at radius 1 is 1.13 bits per heavy atom. The fraction of sp³-hybridized carbons (Fsp3) is 0.600. The Labute approximate surface area is 92.7 Å². The van der Waals surface area contributed by atoms with Crippen molar-refractivity contribution in [3.63, 3.8) is 0 Å². The average Bonchev–Trinajstić information content (AvgIpc) is 2.14. The second-order valence-electron chi connectivity index (χ2n) is 5.72. The Kier molecular flexibility index (Phi) is 2.12. The van der Waals surface area contributed by atoms with E-state index >= 15 is 0 Å². The van der Waals surface area contributed by atoms with Crippen LogP contribution in [0.1, 0.15) is 50.5 Å². The minimum absolute atomic E-state index is 0.775. The molecule has 0 N–H and O–H groups in total. The van der Waals surface area contributed by atoms with Crippen molar-refractivity contribution in [2.75, 3.05) is 0 Å². The summed E-state index contributed by atoms with van der Waals surface area (Å²) in [5.74, 6) is 1.74. The van der Waals surface area contributed by atoms with Crippen LogP contribution in [-0.2, 0) is 0 Å². The molecule has 0 aliphatic heterocycles. The van der Waals surface area contributed by atoms with Crippen LogP contribution in [0.15, 0.2) is 30.3 Å². The lowest BCUT2D eigenvalue weighted by molar-refractivity contribution is -0.0337. The third-order valence-electron chi connectivity index (χ3n) is 4.84. The molecule has 0 amide bonds. The van der Waals surface area contributed by atoms with Gasteiger partial charge in [0.25, 0.3) is 0 Å². The highest BCUT2D eigenvalue weighted by atomic mass is 14.5. The van der Waals surface area contributed by atoms with E-state index in [0.717, 1.165) is 17.3 Å². The maximum Gasteiger partial charge on any atom is -0.0162 e. The number of benzene rings is 1. The van der Waals surface area contributed by atoms with Crippen LogP contribution in [0.25, 0.3) is 0 Å². The molecule has 0 bridgehead atoms. The number of hydrogen-bond acceptors (Lipinski definition) is 0. The molecule has 1 spiro atoms. The smallest absolute Gasteiger partial charge is 0.0162 e. The zero-order valence-electron chi connectivity index (χ0n) is 9.58. The minimum Gasteiger partial charge on any atom is -0.0622 e. The molecule has 2 aliphatic rings. The first-order valence-corrected chi connectivity index (χ1v) is 6.34. The van der Waals surface area contributed by atoms with E-state index in [1.165, 1.54) is 37.7 Å². The van der Waals surface area contributed by atoms with Crippen LogP contribution in [0.4, 0.5) is 0 Å². The van der Waals surface area contributed by atoms with E-state index < -0.39 is 0 Å². The monoisotopic (exact) mass is 200 g/mol. The highest BCUT2D eigenvalue weighted by molar-refractivity contribution is 5.21. The normalized spacial score (nSPS) is 25.7. The Morgan fingerprint density at radius 3 is 2.33 bits per heavy atom. The molecule has 0 unspecified atom stereocenters. The van der Waals surface area contributed by atoms with Crippen LogP contribution < -0.4 is 0 Å². The molecule has 0 heteroatoms. The summed E-state index contributed by atoms with van der Waals surface area (Å²) in [6.45, 7) is 2.41. The van der Waals surface area contributed by atoms with Crippen LogP contribution >= 0.6 is 0 Å². The van der Waals surface area contributed by atoms with Gasteiger partial charge in [-0.25, -0.2) is 0 Å². The largest absolute Gasteiger partial charge is 0.0622 e. The van der Waals surface area contributed by atoms with Gasteiger partial charge in [-0.05, 0) is 48.5 Å². The van der Waals surface area contributed by atoms with Crippen molar-refractivity contribution in [3.8, 4) is 0 Å². The Hall–Kier alpha value is -0.780. The van der Waals surface area contributed by atoms with Gasteiger partial charge in [-0.3, -0.25) is 0 Å². The van der Waals surface area contributed by atoms with Crippen molar-refractivity contribution in [2.45, 2.75) is 44.9 Å². The Morgan fingerprint density at radius 2 is 1.80 bits per heavy atom. The average molecular weight is 200 g/mol. The quantitative estimate of drug-likeness (QED) is 0.665. The molecule has 1 aromatic rings. The second-order valence-corrected chi connectivity index (χ2v) is 5.72. The molecule has 1 aromatic carbocycles. The molecule has 2 fully saturated rings. The summed E-state index contributed by atoms with van der Waals surface area (Å²) in [6, 6.07) is 11.0. The van der Waals surface area contributed by atoms with Gasteiger partial charge in [-0.1, -0.05) is 43.7 Å². The maximum absolute atomic E-state index is 2.41. The van der Waals surface area contributed by atoms with Crippen molar-refractivity contribution in [1.29, 1.82) is 0 Å². The van der Waals surface area contributed by atoms with Crippen LogP contribution in [0.5, 0.6) is 0 Å². The van der Waals surface area contributed by atoms with Gasteiger partial charge in [0.15, 0.2) is 0 Å². The maximum atomic E-state index is 2.41. The van der Waals surface area contributed by atoms with Gasteiger partial charge in [-0.2, -0.15) is 0 Å². The van der Waals surface area contributed by atoms with E-state index in [2.05, 4.69) is 37.3 Å². The zero-order valence-corrected chi connectivity index (χ0v) is 9.58. The van der Waals surface area contributed by atoms with Crippen LogP contribution in [0, 0.1) is 11.3 Å². The summed E-state index contributed by atoms with van der Waals surface area (Å²) in [6.07, 6.45) is 7.54. The summed E-state index contributed by atoms with van der Waals surface area (Å²) >= 11 is 0. The summed E-state index contributed by atoms with van der Waals surface area (Å²) in [7, 11) is 0. The van der Waals surface area contributed by atoms with Gasteiger partial charge < -0.3 is 0 Å². The SMILES string of the molecule is C[C@H](c1ccccc1)C1CC2(CCC2)C1. The van der Waals surface area contributed by atoms with E-state index in [1.54, 1.807) is 0 Å². The van der Waals surface area contributed by atoms with Gasteiger partial charge >= 0.3 is 0 Å². The lowest BCUT2D eigenvalue weighted by Gasteiger charge is -2.56. The van der Waals surface area contributed by atoms with Crippen molar-refractivity contribution in [3.05, 3.63) is 35.9 Å². The molecular weight excluding hydrogens is 180 g/mol. The number of rotatable bonds is 2. The van der Waals surface area contributed by atoms with E-state index in [4.69, 9.17) is 0 Å². The third kappa shape index (κ3) is 1.51. The topological polar surface area (TPSA) is 0 Å². The minimum atomic E-state index is 0.775. The molecule has 0 aromatic heterocycles. The fourth-order valence-electron chi connectivity index (χ4n) is 3.52. The van der Waals surface area contributed by atoms with Gasteiger partial charge in [0.1, 0.15) is 0 Å². The molecular formula is C15H20. The van der Waals surface area contributed by atoms with Gasteiger partial charge in [0, 0.05) is 0 Å². The summed E-state index contributed by atoms with van der Waals surface area (Å²) in [5, 5.41) is 0. The molecule has 0 radical (unpaired) electrons. The molecule has 3 rings (SSSR count). The zero-order chi connectivity index (χ0) is 10.3. The standard InChI is InChI=1S/C15H20/c1-12(13-6-3-2-4-7-13)14-10-15(11-14)8-5-9-15/h2-4,6-7,12,14H,5,8-11H2,1H3/t12-/m1/s1. The third-order valence-corrected chi connectivity index (χ3v) is 4.84. The first kappa shape index (κ1) is 9.45. The van der Waals surface area contributed by atoms with E-state index in [-0.39, 0.29) is 0 Å². The molecule has 2 aliphatic carbocycles. The van der Waals surface area contributed by atoms with Crippen molar-refractivity contribution in [2.24, 2.45) is 11.3 Å². The van der Waals surface area contributed by atoms with Crippen molar-refractivity contribution in [1.82, 2.24) is 0 Å². The lowest BCUT2D eigenvalue weighted by atomic mass is 9.49. The predicted molar refractivity (Wildman–Crippen MR) is 63.9 cm³/mol. The predicted octanol–water partition coefficient (Wildman–Crippen LogP) is 4.37. The molecule has 0 nitrogen and oxygen atoms in total. The molecule has 2 saturated carbocycles. The molecule has 80 valence electrons. The first-order valence-electron chi connectivity index (χ1n) is 6.34. The Bertz CT molecular complexity index is 326. The van der Waals surface area contributed by atoms with Gasteiger partial charge in [-0.15, -0.1) is 0 Å². The van der Waals surface area contributed by atoms with E-state index in [9.17, 15) is 0 Å². The summed E-state index contributed by atoms with van der Waals surface area (Å²) in [5.41, 5.74) is 2.37. The molecule has 0 heterocycles. The summed E-state index contributed by atoms with van der Waals surface area (Å²) in [4.78, 5) is 0. The summed E-state index contributed by atoms with van der Waals surface area (Å²) < 4.78 is 0. The Balaban J connectivity index is 1.65. The highest BCUT2D eigenvalue weighted by Crippen LogP contribution is 2.61. The van der Waals surface area contributed by atoms with Gasteiger partial charge in [0.2, 0.25) is 0 Å². The van der Waals surface area contributed by atoms with Crippen LogP contribution in [0.3, 0.4) is 0 Å². The van der Waals surface area contributed by atoms with Crippen molar-refractivity contribution >= 4 is 0 Å². The molecule has 1 atom stereocenters. The van der Waals surface area contributed by atoms with E-state index in [0.29, 0.717) is 0 Å². The van der Waals surface area contributed by atoms with Crippen LogP contribution in [0.2, 0.25) is 0 Å². The number of hydrogen-bond donors (Lipinski definition) is 0. The molecule has 0 saturated heterocycles. The fourth-order valence-corrected chi connectivity index (χ4v) is 3.52.